The number of nitrogens with zero attached hydrogens (tertiary/aromatic N) is 1. The molecule has 1 spiro atoms. The van der Waals surface area contributed by atoms with Crippen molar-refractivity contribution < 1.29 is 0 Å². The van der Waals surface area contributed by atoms with Crippen LogP contribution in [0.1, 0.15) is 22.3 Å². The van der Waals surface area contributed by atoms with E-state index in [-0.39, 0.29) is 0 Å². The third-order valence-corrected chi connectivity index (χ3v) is 15.3. The second-order valence-electron chi connectivity index (χ2n) is 17.1. The normalized spacial score (nSPS) is 13.2. The Morgan fingerprint density at radius 1 is 0.286 bits per heavy atom. The summed E-state index contributed by atoms with van der Waals surface area (Å²) >= 11 is 1.89. The minimum Gasteiger partial charge on any atom is -0.310 e. The molecule has 63 heavy (non-hydrogen) atoms. The molecule has 0 fully saturated rings. The molecule has 0 unspecified atom stereocenters. The van der Waals surface area contributed by atoms with Crippen molar-refractivity contribution in [3.8, 4) is 33.4 Å². The molecule has 14 rings (SSSR count). The molecule has 1 aromatic heterocycles. The summed E-state index contributed by atoms with van der Waals surface area (Å²) in [7, 11) is 0. The van der Waals surface area contributed by atoms with E-state index in [0.717, 1.165) is 17.1 Å². The number of anilines is 3. The lowest BCUT2D eigenvalue weighted by molar-refractivity contribution is 0.794. The molecule has 0 bridgehead atoms. The Balaban J connectivity index is 1.03. The maximum atomic E-state index is 2.49. The lowest BCUT2D eigenvalue weighted by atomic mass is 9.70. The van der Waals surface area contributed by atoms with E-state index in [4.69, 9.17) is 0 Å². The van der Waals surface area contributed by atoms with Crippen LogP contribution in [0, 0.1) is 0 Å². The summed E-state index contributed by atoms with van der Waals surface area (Å²) < 4.78 is 2.64. The molecular formula is C61H37NS. The number of hydrogen-bond acceptors (Lipinski definition) is 2. The molecule has 0 atom stereocenters. The van der Waals surface area contributed by atoms with Crippen LogP contribution in [-0.4, -0.2) is 0 Å². The molecule has 2 heteroatoms. The van der Waals surface area contributed by atoms with Crippen molar-refractivity contribution in [2.75, 3.05) is 4.90 Å². The first kappa shape index (κ1) is 34.9. The molecule has 0 saturated carbocycles. The summed E-state index contributed by atoms with van der Waals surface area (Å²) in [6.45, 7) is 0. The second kappa shape index (κ2) is 13.1. The third kappa shape index (κ3) is 4.76. The number of hydrogen-bond donors (Lipinski definition) is 0. The highest BCUT2D eigenvalue weighted by Gasteiger charge is 2.51. The minimum atomic E-state index is -0.395. The number of thiophene rings is 1. The topological polar surface area (TPSA) is 3.24 Å². The Morgan fingerprint density at radius 3 is 1.43 bits per heavy atom. The van der Waals surface area contributed by atoms with Crippen molar-refractivity contribution in [2.24, 2.45) is 0 Å². The maximum Gasteiger partial charge on any atom is 0.0725 e. The Bertz CT molecular complexity index is 3810. The van der Waals surface area contributed by atoms with Gasteiger partial charge in [0.2, 0.25) is 0 Å². The SMILES string of the molecule is c1cc(-c2cccc3c2sc2ccccc23)cc(N(c2ccc3c(c2)-c2ccccc2C32c3ccccc3-c3ccccc32)c2ccc3c4ccccc4c4ccccc4c3c2)c1. The fraction of sp³-hybridized carbons (Fsp3) is 0.0164. The average molecular weight is 816 g/mol. The van der Waals surface area contributed by atoms with Crippen LogP contribution in [0.5, 0.6) is 0 Å². The predicted octanol–water partition coefficient (Wildman–Crippen LogP) is 17.0. The third-order valence-electron chi connectivity index (χ3n) is 14.0. The summed E-state index contributed by atoms with van der Waals surface area (Å²) in [4.78, 5) is 2.49. The Hall–Kier alpha value is -7.78. The van der Waals surface area contributed by atoms with Crippen molar-refractivity contribution in [1.29, 1.82) is 0 Å². The quantitative estimate of drug-likeness (QED) is 0.160. The van der Waals surface area contributed by atoms with Crippen LogP contribution in [0.25, 0.3) is 85.9 Å². The van der Waals surface area contributed by atoms with Crippen LogP contribution in [0.15, 0.2) is 224 Å². The van der Waals surface area contributed by atoms with Gasteiger partial charge in [-0.2, -0.15) is 0 Å². The molecule has 0 amide bonds. The van der Waals surface area contributed by atoms with Crippen LogP contribution in [0.4, 0.5) is 17.1 Å². The van der Waals surface area contributed by atoms with Gasteiger partial charge in [-0.25, -0.2) is 0 Å². The largest absolute Gasteiger partial charge is 0.310 e. The summed E-state index contributed by atoms with van der Waals surface area (Å²) in [5.41, 5.74) is 16.1. The lowest BCUT2D eigenvalue weighted by Gasteiger charge is -2.31. The summed E-state index contributed by atoms with van der Waals surface area (Å²) in [6, 6.07) is 84.1. The van der Waals surface area contributed by atoms with Crippen LogP contribution in [-0.2, 0) is 5.41 Å². The van der Waals surface area contributed by atoms with Crippen LogP contribution < -0.4 is 4.90 Å². The Labute approximate surface area is 369 Å². The van der Waals surface area contributed by atoms with E-state index in [1.54, 1.807) is 0 Å². The monoisotopic (exact) mass is 815 g/mol. The van der Waals surface area contributed by atoms with Crippen molar-refractivity contribution >= 4 is 80.9 Å². The zero-order valence-electron chi connectivity index (χ0n) is 34.2. The van der Waals surface area contributed by atoms with Gasteiger partial charge in [-0.1, -0.05) is 182 Å². The fourth-order valence-electron chi connectivity index (χ4n) is 11.5. The summed E-state index contributed by atoms with van der Waals surface area (Å²) in [5, 5.41) is 10.3. The first-order valence-electron chi connectivity index (χ1n) is 21.8. The fourth-order valence-corrected chi connectivity index (χ4v) is 12.7. The van der Waals surface area contributed by atoms with E-state index in [0.29, 0.717) is 0 Å². The van der Waals surface area contributed by atoms with Gasteiger partial charge in [0.05, 0.1) is 5.41 Å². The molecular weight excluding hydrogens is 779 g/mol. The van der Waals surface area contributed by atoms with Gasteiger partial charge in [-0.3, -0.25) is 0 Å². The second-order valence-corrected chi connectivity index (χ2v) is 18.2. The molecule has 292 valence electrons. The van der Waals surface area contributed by atoms with E-state index >= 15 is 0 Å². The molecule has 2 aliphatic rings. The lowest BCUT2D eigenvalue weighted by Crippen LogP contribution is -2.25. The molecule has 0 aliphatic heterocycles. The van der Waals surface area contributed by atoms with Crippen molar-refractivity contribution in [1.82, 2.24) is 0 Å². The molecule has 2 aliphatic carbocycles. The molecule has 0 saturated heterocycles. The first-order chi connectivity index (χ1) is 31.3. The van der Waals surface area contributed by atoms with E-state index in [1.165, 1.54) is 108 Å². The highest BCUT2D eigenvalue weighted by Crippen LogP contribution is 2.63. The van der Waals surface area contributed by atoms with Gasteiger partial charge in [0.25, 0.3) is 0 Å². The summed E-state index contributed by atoms with van der Waals surface area (Å²) in [6.07, 6.45) is 0. The molecule has 0 radical (unpaired) electrons. The molecule has 12 aromatic rings. The predicted molar refractivity (Wildman–Crippen MR) is 268 cm³/mol. The van der Waals surface area contributed by atoms with Crippen LogP contribution >= 0.6 is 11.3 Å². The maximum absolute atomic E-state index is 2.49. The minimum absolute atomic E-state index is 0.395. The first-order valence-corrected chi connectivity index (χ1v) is 22.7. The number of rotatable bonds is 4. The standard InChI is InChI=1S/C61H37NS/c1-2-19-45-43(17-1)44-18-3-4-20-46(44)53-36-40(31-33-47(45)53)62(39-16-13-15-38(35-39)42-25-14-26-52-51-24-8-12-30-59(51)63-60(42)52)41-32-34-58-54(37-41)50-23-7-11-29-57(50)61(58)55-27-9-5-21-48(55)49-22-6-10-28-56(49)61/h1-37H. The molecule has 11 aromatic carbocycles. The smallest absolute Gasteiger partial charge is 0.0725 e. The molecule has 1 heterocycles. The number of fused-ring (bicyclic) bond motifs is 19. The highest BCUT2D eigenvalue weighted by atomic mass is 32.1. The summed E-state index contributed by atoms with van der Waals surface area (Å²) in [5.74, 6) is 0. The van der Waals surface area contributed by atoms with Crippen molar-refractivity contribution in [3.05, 3.63) is 247 Å². The van der Waals surface area contributed by atoms with Gasteiger partial charge in [0.1, 0.15) is 0 Å². The van der Waals surface area contributed by atoms with Gasteiger partial charge >= 0.3 is 0 Å². The van der Waals surface area contributed by atoms with Crippen LogP contribution in [0.3, 0.4) is 0 Å². The van der Waals surface area contributed by atoms with E-state index in [9.17, 15) is 0 Å². The van der Waals surface area contributed by atoms with Crippen molar-refractivity contribution in [3.63, 3.8) is 0 Å². The number of benzene rings is 11. The van der Waals surface area contributed by atoms with Gasteiger partial charge < -0.3 is 4.90 Å². The van der Waals surface area contributed by atoms with Gasteiger partial charge in [0, 0.05) is 37.2 Å². The van der Waals surface area contributed by atoms with E-state index < -0.39 is 5.41 Å². The van der Waals surface area contributed by atoms with Gasteiger partial charge in [-0.15, -0.1) is 11.3 Å². The average Bonchev–Trinajstić information content (AvgIpc) is 3.98. The van der Waals surface area contributed by atoms with E-state index in [2.05, 4.69) is 229 Å². The Kier molecular flexibility index (Phi) is 7.26. The van der Waals surface area contributed by atoms with E-state index in [1.807, 2.05) is 11.3 Å². The van der Waals surface area contributed by atoms with Crippen LogP contribution in [0.2, 0.25) is 0 Å². The zero-order valence-corrected chi connectivity index (χ0v) is 35.0. The highest BCUT2D eigenvalue weighted by molar-refractivity contribution is 7.26. The van der Waals surface area contributed by atoms with Gasteiger partial charge in [0.15, 0.2) is 0 Å². The Morgan fingerprint density at radius 2 is 0.746 bits per heavy atom. The van der Waals surface area contributed by atoms with Gasteiger partial charge in [-0.05, 0) is 130 Å². The molecule has 0 N–H and O–H groups in total. The van der Waals surface area contributed by atoms with Crippen molar-refractivity contribution in [2.45, 2.75) is 5.41 Å². The zero-order chi connectivity index (χ0) is 41.2. The molecule has 1 nitrogen and oxygen atoms in total.